The van der Waals surface area contributed by atoms with Crippen LogP contribution >= 0.6 is 0 Å². The summed E-state index contributed by atoms with van der Waals surface area (Å²) >= 11 is 0. The van der Waals surface area contributed by atoms with Gasteiger partial charge in [0.15, 0.2) is 0 Å². The largest absolute Gasteiger partial charge is 0.497 e. The van der Waals surface area contributed by atoms with E-state index in [-0.39, 0.29) is 0 Å². The maximum absolute atomic E-state index is 5.18. The highest BCUT2D eigenvalue weighted by Crippen LogP contribution is 2.25. The van der Waals surface area contributed by atoms with Crippen LogP contribution in [0.5, 0.6) is 5.75 Å². The summed E-state index contributed by atoms with van der Waals surface area (Å²) in [6.45, 7) is 3.80. The zero-order valence-electron chi connectivity index (χ0n) is 9.18. The summed E-state index contributed by atoms with van der Waals surface area (Å²) in [7, 11) is 1.65. The Balaban J connectivity index is 2.53. The summed E-state index contributed by atoms with van der Waals surface area (Å²) in [6.07, 6.45) is 3.57. The maximum Gasteiger partial charge on any atom is 0.122 e. The highest BCUT2D eigenvalue weighted by Gasteiger charge is 2.04. The lowest BCUT2D eigenvalue weighted by Gasteiger charge is -2.06. The molecule has 0 spiro atoms. The fourth-order valence-electron chi connectivity index (χ4n) is 1.59. The van der Waals surface area contributed by atoms with Crippen molar-refractivity contribution in [2.75, 3.05) is 7.11 Å². The van der Waals surface area contributed by atoms with Gasteiger partial charge in [-0.3, -0.25) is 4.98 Å². The van der Waals surface area contributed by atoms with E-state index < -0.39 is 0 Å². The smallest absolute Gasteiger partial charge is 0.122 e. The zero-order chi connectivity index (χ0) is 11.4. The van der Waals surface area contributed by atoms with Gasteiger partial charge in [-0.25, -0.2) is 0 Å². The molecule has 80 valence electrons. The van der Waals surface area contributed by atoms with Gasteiger partial charge in [0.25, 0.3) is 0 Å². The van der Waals surface area contributed by atoms with E-state index in [2.05, 4.69) is 11.6 Å². The van der Waals surface area contributed by atoms with Crippen LogP contribution in [-0.4, -0.2) is 12.1 Å². The van der Waals surface area contributed by atoms with E-state index in [0.717, 1.165) is 22.6 Å². The molecule has 2 aromatic rings. The monoisotopic (exact) mass is 211 g/mol. The molecule has 0 aliphatic heterocycles. The molecule has 1 aromatic heterocycles. The van der Waals surface area contributed by atoms with Crippen LogP contribution in [0.25, 0.3) is 17.3 Å². The van der Waals surface area contributed by atoms with Crippen molar-refractivity contribution in [2.24, 2.45) is 0 Å². The molecular formula is C14H13NO. The zero-order valence-corrected chi connectivity index (χ0v) is 9.18. The number of ether oxygens (including phenoxy) is 1. The van der Waals surface area contributed by atoms with E-state index in [9.17, 15) is 0 Å². The van der Waals surface area contributed by atoms with Gasteiger partial charge in [0.1, 0.15) is 5.75 Å². The van der Waals surface area contributed by atoms with E-state index in [1.807, 2.05) is 42.5 Å². The third kappa shape index (κ3) is 1.96. The fraction of sp³-hybridized carbons (Fsp3) is 0.0714. The summed E-state index contributed by atoms with van der Waals surface area (Å²) in [6, 6.07) is 11.8. The summed E-state index contributed by atoms with van der Waals surface area (Å²) in [5, 5.41) is 0. The first-order valence-electron chi connectivity index (χ1n) is 5.07. The Morgan fingerprint density at radius 3 is 2.81 bits per heavy atom. The summed E-state index contributed by atoms with van der Waals surface area (Å²) in [5.41, 5.74) is 3.04. The van der Waals surface area contributed by atoms with Crippen molar-refractivity contribution in [3.05, 3.63) is 54.7 Å². The highest BCUT2D eigenvalue weighted by atomic mass is 16.5. The number of benzene rings is 1. The molecule has 0 unspecified atom stereocenters. The van der Waals surface area contributed by atoms with E-state index in [1.54, 1.807) is 13.3 Å². The van der Waals surface area contributed by atoms with E-state index >= 15 is 0 Å². The Morgan fingerprint density at radius 2 is 2.06 bits per heavy atom. The van der Waals surface area contributed by atoms with Crippen LogP contribution in [0.15, 0.2) is 49.2 Å². The lowest BCUT2D eigenvalue weighted by atomic mass is 10.0. The molecule has 0 bridgehead atoms. The van der Waals surface area contributed by atoms with Gasteiger partial charge in [-0.1, -0.05) is 36.9 Å². The number of nitrogens with zero attached hydrogens (tertiary/aromatic N) is 1. The third-order valence-corrected chi connectivity index (χ3v) is 2.42. The first kappa shape index (κ1) is 10.4. The third-order valence-electron chi connectivity index (χ3n) is 2.42. The van der Waals surface area contributed by atoms with Crippen LogP contribution in [-0.2, 0) is 0 Å². The van der Waals surface area contributed by atoms with Crippen LogP contribution in [0.2, 0.25) is 0 Å². The lowest BCUT2D eigenvalue weighted by Crippen LogP contribution is -1.89. The molecule has 0 saturated carbocycles. The van der Waals surface area contributed by atoms with E-state index in [1.165, 1.54) is 0 Å². The fourth-order valence-corrected chi connectivity index (χ4v) is 1.59. The Bertz CT molecular complexity index is 506. The van der Waals surface area contributed by atoms with Crippen LogP contribution in [0.3, 0.4) is 0 Å². The van der Waals surface area contributed by atoms with Crippen molar-refractivity contribution in [1.82, 2.24) is 4.98 Å². The number of rotatable bonds is 3. The molecule has 16 heavy (non-hydrogen) atoms. The average Bonchev–Trinajstić information content (AvgIpc) is 2.38. The standard InChI is InChI=1S/C14H13NO/c1-3-11-6-4-5-7-13(11)14-10-12(16-2)8-9-15-14/h3-10H,1H2,2H3. The quantitative estimate of drug-likeness (QED) is 0.776. The Hall–Kier alpha value is -2.09. The van der Waals surface area contributed by atoms with Gasteiger partial charge in [0.05, 0.1) is 12.8 Å². The van der Waals surface area contributed by atoms with E-state index in [0.29, 0.717) is 0 Å². The first-order chi connectivity index (χ1) is 7.85. The predicted molar refractivity (Wildman–Crippen MR) is 66.3 cm³/mol. The molecule has 0 aliphatic rings. The normalized spacial score (nSPS) is 9.81. The second-order valence-electron chi connectivity index (χ2n) is 3.37. The molecule has 0 N–H and O–H groups in total. The lowest BCUT2D eigenvalue weighted by molar-refractivity contribution is 0.414. The van der Waals surface area contributed by atoms with Gasteiger partial charge in [-0.2, -0.15) is 0 Å². The van der Waals surface area contributed by atoms with Crippen molar-refractivity contribution in [1.29, 1.82) is 0 Å². The van der Waals surface area contributed by atoms with Crippen LogP contribution in [0, 0.1) is 0 Å². The molecular weight excluding hydrogens is 198 g/mol. The second kappa shape index (κ2) is 4.62. The number of aromatic nitrogens is 1. The van der Waals surface area contributed by atoms with Gasteiger partial charge >= 0.3 is 0 Å². The van der Waals surface area contributed by atoms with Gasteiger partial charge < -0.3 is 4.74 Å². The second-order valence-corrected chi connectivity index (χ2v) is 3.37. The van der Waals surface area contributed by atoms with Crippen LogP contribution < -0.4 is 4.74 Å². The molecule has 2 heteroatoms. The molecule has 1 heterocycles. The van der Waals surface area contributed by atoms with Crippen molar-refractivity contribution < 1.29 is 4.74 Å². The Morgan fingerprint density at radius 1 is 1.25 bits per heavy atom. The van der Waals surface area contributed by atoms with Crippen molar-refractivity contribution in [3.8, 4) is 17.0 Å². The molecule has 0 saturated heterocycles. The van der Waals surface area contributed by atoms with Crippen molar-refractivity contribution in [3.63, 3.8) is 0 Å². The van der Waals surface area contributed by atoms with Crippen molar-refractivity contribution >= 4 is 6.08 Å². The first-order valence-corrected chi connectivity index (χ1v) is 5.07. The minimum Gasteiger partial charge on any atom is -0.497 e. The van der Waals surface area contributed by atoms with Gasteiger partial charge in [0.2, 0.25) is 0 Å². The molecule has 2 nitrogen and oxygen atoms in total. The minimum absolute atomic E-state index is 0.809. The molecule has 2 rings (SSSR count). The maximum atomic E-state index is 5.18. The minimum atomic E-state index is 0.809. The molecule has 0 atom stereocenters. The number of hydrogen-bond acceptors (Lipinski definition) is 2. The molecule has 0 amide bonds. The number of pyridine rings is 1. The molecule has 0 aliphatic carbocycles. The Kier molecular flexibility index (Phi) is 3.01. The summed E-state index contributed by atoms with van der Waals surface area (Å²) < 4.78 is 5.18. The number of methoxy groups -OCH3 is 1. The topological polar surface area (TPSA) is 22.1 Å². The molecule has 1 aromatic carbocycles. The van der Waals surface area contributed by atoms with Crippen molar-refractivity contribution in [2.45, 2.75) is 0 Å². The van der Waals surface area contributed by atoms with E-state index in [4.69, 9.17) is 4.74 Å². The predicted octanol–water partition coefficient (Wildman–Crippen LogP) is 3.40. The summed E-state index contributed by atoms with van der Waals surface area (Å²) in [5.74, 6) is 0.809. The molecule has 0 radical (unpaired) electrons. The average molecular weight is 211 g/mol. The van der Waals surface area contributed by atoms with Crippen LogP contribution in [0.4, 0.5) is 0 Å². The van der Waals surface area contributed by atoms with Gasteiger partial charge in [-0.05, 0) is 11.6 Å². The van der Waals surface area contributed by atoms with Gasteiger partial charge in [-0.15, -0.1) is 0 Å². The highest BCUT2D eigenvalue weighted by molar-refractivity contribution is 5.72. The molecule has 0 fully saturated rings. The van der Waals surface area contributed by atoms with Crippen LogP contribution in [0.1, 0.15) is 5.56 Å². The summed E-state index contributed by atoms with van der Waals surface area (Å²) in [4.78, 5) is 4.34. The SMILES string of the molecule is C=Cc1ccccc1-c1cc(OC)ccn1. The van der Waals surface area contributed by atoms with Gasteiger partial charge in [0, 0.05) is 17.8 Å². The number of hydrogen-bond donors (Lipinski definition) is 0. The Labute approximate surface area is 95.2 Å².